The van der Waals surface area contributed by atoms with Crippen molar-refractivity contribution >= 4 is 41.1 Å². The minimum atomic E-state index is -0.521. The molecule has 8 nitrogen and oxygen atoms in total. The molecule has 2 fully saturated rings. The van der Waals surface area contributed by atoms with E-state index in [1.54, 1.807) is 0 Å². The van der Waals surface area contributed by atoms with Gasteiger partial charge in [-0.15, -0.1) is 0 Å². The van der Waals surface area contributed by atoms with Crippen LogP contribution < -0.4 is 11.1 Å². The summed E-state index contributed by atoms with van der Waals surface area (Å²) in [6.07, 6.45) is 6.04. The lowest BCUT2D eigenvalue weighted by atomic mass is 9.98. The third-order valence-electron chi connectivity index (χ3n) is 7.78. The van der Waals surface area contributed by atoms with Gasteiger partial charge >= 0.3 is 6.09 Å². The Labute approximate surface area is 272 Å². The zero-order chi connectivity index (χ0) is 32.1. The van der Waals surface area contributed by atoms with Gasteiger partial charge in [0.2, 0.25) is 11.8 Å². The third-order valence-corrected chi connectivity index (χ3v) is 8.29. The van der Waals surface area contributed by atoms with E-state index in [-0.39, 0.29) is 17.9 Å². The Morgan fingerprint density at radius 2 is 1.30 bits per heavy atom. The van der Waals surface area contributed by atoms with E-state index in [2.05, 4.69) is 5.32 Å². The third kappa shape index (κ3) is 13.0. The number of carbonyl (C=O) groups excluding carboxylic acids is 3. The maximum atomic E-state index is 12.5. The van der Waals surface area contributed by atoms with Crippen LogP contribution in [-0.4, -0.2) is 72.1 Å². The number of piperidine rings is 2. The number of nitrogens with zero attached hydrogens (tertiary/aromatic N) is 2. The predicted octanol–water partition coefficient (Wildman–Crippen LogP) is 6.26. The van der Waals surface area contributed by atoms with Crippen molar-refractivity contribution in [3.05, 3.63) is 69.7 Å². The van der Waals surface area contributed by atoms with E-state index in [4.69, 9.17) is 33.7 Å². The molecule has 44 heavy (non-hydrogen) atoms. The van der Waals surface area contributed by atoms with Crippen LogP contribution in [0.25, 0.3) is 0 Å². The molecular formula is C34H48Cl2N4O4. The SMILES string of the molecule is CC(C)(C)OC(=O)NC1CCCN(C(=O)CCc2ccc(Cl)cc2)C1.NCC1CCCN(C(=O)CCc2ccc(Cl)cc2)C1. The normalized spacial score (nSPS) is 18.6. The zero-order valence-electron chi connectivity index (χ0n) is 26.3. The number of carbonyl (C=O) groups is 3. The fourth-order valence-corrected chi connectivity index (χ4v) is 5.65. The number of hydrogen-bond acceptors (Lipinski definition) is 5. The van der Waals surface area contributed by atoms with Crippen molar-refractivity contribution in [2.75, 3.05) is 32.7 Å². The van der Waals surface area contributed by atoms with Crippen LogP contribution in [0.15, 0.2) is 48.5 Å². The molecule has 2 saturated heterocycles. The molecule has 4 rings (SSSR count). The lowest BCUT2D eigenvalue weighted by Crippen LogP contribution is -2.50. The maximum Gasteiger partial charge on any atom is 0.407 e. The van der Waals surface area contributed by atoms with Gasteiger partial charge in [0.05, 0.1) is 0 Å². The summed E-state index contributed by atoms with van der Waals surface area (Å²) in [6.45, 7) is 9.18. The summed E-state index contributed by atoms with van der Waals surface area (Å²) in [5.74, 6) is 0.840. The number of rotatable bonds is 8. The number of hydrogen-bond donors (Lipinski definition) is 2. The highest BCUT2D eigenvalue weighted by molar-refractivity contribution is 6.30. The van der Waals surface area contributed by atoms with Gasteiger partial charge in [0.15, 0.2) is 0 Å². The second-order valence-electron chi connectivity index (χ2n) is 12.7. The minimum Gasteiger partial charge on any atom is -0.444 e. The average Bonchev–Trinajstić information content (AvgIpc) is 2.99. The van der Waals surface area contributed by atoms with Gasteiger partial charge in [0, 0.05) is 55.1 Å². The van der Waals surface area contributed by atoms with Crippen LogP contribution >= 0.6 is 23.2 Å². The number of halogens is 2. The van der Waals surface area contributed by atoms with Gasteiger partial charge in [-0.25, -0.2) is 4.79 Å². The number of amides is 3. The first kappa shape index (κ1) is 35.7. The topological polar surface area (TPSA) is 105 Å². The molecular weight excluding hydrogens is 599 g/mol. The first-order valence-corrected chi connectivity index (χ1v) is 16.4. The van der Waals surface area contributed by atoms with Crippen molar-refractivity contribution in [3.63, 3.8) is 0 Å². The molecule has 2 aliphatic rings. The van der Waals surface area contributed by atoms with E-state index in [9.17, 15) is 14.4 Å². The Bertz CT molecular complexity index is 1200. The molecule has 242 valence electrons. The van der Waals surface area contributed by atoms with Gasteiger partial charge in [-0.1, -0.05) is 47.5 Å². The van der Waals surface area contributed by atoms with Crippen molar-refractivity contribution < 1.29 is 19.1 Å². The summed E-state index contributed by atoms with van der Waals surface area (Å²) in [4.78, 5) is 40.3. The fourth-order valence-electron chi connectivity index (χ4n) is 5.40. The van der Waals surface area contributed by atoms with Gasteiger partial charge in [-0.05, 0) is 107 Å². The standard InChI is InChI=1S/C19H27ClN2O3.C15H21ClN2O/c1-19(2,3)25-18(24)21-16-5-4-12-22(13-16)17(23)11-8-14-6-9-15(20)10-7-14;16-14-6-3-12(4-7-14)5-8-15(19)18-9-1-2-13(10-17)11-18/h6-7,9-10,16H,4-5,8,11-13H2,1-3H3,(H,21,24);3-4,6-7,13H,1-2,5,8-11,17H2. The molecule has 3 amide bonds. The Morgan fingerprint density at radius 3 is 1.77 bits per heavy atom. The Morgan fingerprint density at radius 1 is 0.818 bits per heavy atom. The van der Waals surface area contributed by atoms with Crippen molar-refractivity contribution in [1.29, 1.82) is 0 Å². The molecule has 0 radical (unpaired) electrons. The van der Waals surface area contributed by atoms with Crippen LogP contribution in [0.1, 0.15) is 70.4 Å². The summed E-state index contributed by atoms with van der Waals surface area (Å²) in [6, 6.07) is 15.2. The molecule has 2 aromatic carbocycles. The second-order valence-corrected chi connectivity index (χ2v) is 13.5. The molecule has 0 aromatic heterocycles. The van der Waals surface area contributed by atoms with Crippen molar-refractivity contribution in [1.82, 2.24) is 15.1 Å². The molecule has 0 bridgehead atoms. The molecule has 10 heteroatoms. The number of benzene rings is 2. The zero-order valence-corrected chi connectivity index (χ0v) is 27.8. The van der Waals surface area contributed by atoms with Gasteiger partial charge in [0.1, 0.15) is 5.60 Å². The predicted molar refractivity (Wildman–Crippen MR) is 177 cm³/mol. The highest BCUT2D eigenvalue weighted by Gasteiger charge is 2.26. The number of nitrogens with one attached hydrogen (secondary N) is 1. The van der Waals surface area contributed by atoms with E-state index >= 15 is 0 Å². The van der Waals surface area contributed by atoms with E-state index < -0.39 is 11.7 Å². The molecule has 2 heterocycles. The molecule has 2 atom stereocenters. The van der Waals surface area contributed by atoms with E-state index in [1.807, 2.05) is 79.1 Å². The maximum absolute atomic E-state index is 12.5. The van der Waals surface area contributed by atoms with Crippen LogP contribution in [0.5, 0.6) is 0 Å². The molecule has 2 aliphatic heterocycles. The van der Waals surface area contributed by atoms with E-state index in [0.717, 1.165) is 67.9 Å². The van der Waals surface area contributed by atoms with E-state index in [0.29, 0.717) is 43.3 Å². The molecule has 0 spiro atoms. The fraction of sp³-hybridized carbons (Fsp3) is 0.559. The molecule has 2 aromatic rings. The lowest BCUT2D eigenvalue weighted by molar-refractivity contribution is -0.133. The van der Waals surface area contributed by atoms with Crippen LogP contribution in [0.4, 0.5) is 4.79 Å². The van der Waals surface area contributed by atoms with E-state index in [1.165, 1.54) is 0 Å². The number of likely N-dealkylation sites (tertiary alicyclic amines) is 2. The quantitative estimate of drug-likeness (QED) is 0.352. The Hall–Kier alpha value is -2.81. The Balaban J connectivity index is 0.000000249. The Kier molecular flexibility index (Phi) is 14.3. The summed E-state index contributed by atoms with van der Waals surface area (Å²) in [5, 5.41) is 4.30. The first-order chi connectivity index (χ1) is 20.9. The first-order valence-electron chi connectivity index (χ1n) is 15.7. The number of ether oxygens (including phenoxy) is 1. The smallest absolute Gasteiger partial charge is 0.407 e. The molecule has 0 saturated carbocycles. The summed E-state index contributed by atoms with van der Waals surface area (Å²) >= 11 is 11.7. The lowest BCUT2D eigenvalue weighted by Gasteiger charge is -2.33. The van der Waals surface area contributed by atoms with Gasteiger partial charge in [-0.2, -0.15) is 0 Å². The number of aryl methyl sites for hydroxylation is 2. The minimum absolute atomic E-state index is 0.0527. The van der Waals surface area contributed by atoms with Crippen molar-refractivity contribution in [2.24, 2.45) is 11.7 Å². The largest absolute Gasteiger partial charge is 0.444 e. The summed E-state index contributed by atoms with van der Waals surface area (Å²) < 4.78 is 5.29. The molecule has 2 unspecified atom stereocenters. The average molecular weight is 648 g/mol. The van der Waals surface area contributed by atoms with Gasteiger partial charge in [-0.3, -0.25) is 9.59 Å². The van der Waals surface area contributed by atoms with Crippen LogP contribution in [0.2, 0.25) is 10.0 Å². The van der Waals surface area contributed by atoms with Crippen molar-refractivity contribution in [2.45, 2.75) is 83.8 Å². The molecule has 3 N–H and O–H groups in total. The monoisotopic (exact) mass is 646 g/mol. The summed E-state index contributed by atoms with van der Waals surface area (Å²) in [5.41, 5.74) is 7.43. The summed E-state index contributed by atoms with van der Waals surface area (Å²) in [7, 11) is 0. The second kappa shape index (κ2) is 17.6. The van der Waals surface area contributed by atoms with Gasteiger partial charge in [0.25, 0.3) is 0 Å². The van der Waals surface area contributed by atoms with Gasteiger partial charge < -0.3 is 25.6 Å². The highest BCUT2D eigenvalue weighted by Crippen LogP contribution is 2.18. The van der Waals surface area contributed by atoms with Crippen LogP contribution in [0, 0.1) is 5.92 Å². The number of nitrogens with two attached hydrogens (primary N) is 1. The molecule has 0 aliphatic carbocycles. The van der Waals surface area contributed by atoms with Crippen LogP contribution in [-0.2, 0) is 27.2 Å². The highest BCUT2D eigenvalue weighted by atomic mass is 35.5. The van der Waals surface area contributed by atoms with Crippen molar-refractivity contribution in [3.8, 4) is 0 Å². The van der Waals surface area contributed by atoms with Crippen LogP contribution in [0.3, 0.4) is 0 Å². The number of alkyl carbamates (subject to hydrolysis) is 1.